The van der Waals surface area contributed by atoms with Gasteiger partial charge in [0.05, 0.1) is 5.69 Å². The largest absolute Gasteiger partial charge is 0.399 e. The highest BCUT2D eigenvalue weighted by Crippen LogP contribution is 2.29. The van der Waals surface area contributed by atoms with Crippen LogP contribution in [0, 0.1) is 0 Å². The van der Waals surface area contributed by atoms with Crippen LogP contribution in [0.1, 0.15) is 12.8 Å². The molecule has 118 valence electrons. The molecule has 1 unspecified atom stereocenters. The van der Waals surface area contributed by atoms with Crippen LogP contribution in [0.25, 0.3) is 0 Å². The summed E-state index contributed by atoms with van der Waals surface area (Å²) in [5.41, 5.74) is 6.90. The molecule has 0 aromatic heterocycles. The molecule has 0 bridgehead atoms. The second-order valence-electron chi connectivity index (χ2n) is 5.60. The minimum Gasteiger partial charge on any atom is -0.399 e. The lowest BCUT2D eigenvalue weighted by atomic mass is 10.0. The third-order valence-electron chi connectivity index (χ3n) is 4.07. The van der Waals surface area contributed by atoms with Crippen molar-refractivity contribution in [1.29, 1.82) is 0 Å². The molecule has 1 aromatic carbocycles. The molecule has 1 aliphatic heterocycles. The van der Waals surface area contributed by atoms with E-state index in [0.717, 1.165) is 25.9 Å². The third kappa shape index (κ3) is 3.48. The first-order valence-corrected chi connectivity index (χ1v) is 8.58. The standard InChI is InChI=1S/C14H24N4O2S/c1-16-21(19,20)14-9-11(15)6-7-13(14)18(3)12-5-4-8-17(2)10-12/h6-7,9,12,16H,4-5,8,10,15H2,1-3H3. The van der Waals surface area contributed by atoms with Gasteiger partial charge in [0.15, 0.2) is 0 Å². The van der Waals surface area contributed by atoms with Crippen molar-refractivity contribution in [2.75, 3.05) is 44.9 Å². The normalized spacial score (nSPS) is 20.4. The Kier molecular flexibility index (Phi) is 4.75. The van der Waals surface area contributed by atoms with Gasteiger partial charge >= 0.3 is 0 Å². The van der Waals surface area contributed by atoms with Crippen LogP contribution in [-0.4, -0.2) is 53.6 Å². The molecule has 0 saturated carbocycles. The summed E-state index contributed by atoms with van der Waals surface area (Å²) in [6, 6.07) is 5.35. The summed E-state index contributed by atoms with van der Waals surface area (Å²) in [6.07, 6.45) is 2.18. The predicted molar refractivity (Wildman–Crippen MR) is 86.0 cm³/mol. The quantitative estimate of drug-likeness (QED) is 0.801. The Balaban J connectivity index is 2.39. The van der Waals surface area contributed by atoms with Gasteiger partial charge in [0, 0.05) is 25.3 Å². The topological polar surface area (TPSA) is 78.7 Å². The highest BCUT2D eigenvalue weighted by Gasteiger charge is 2.26. The fourth-order valence-electron chi connectivity index (χ4n) is 2.80. The number of benzene rings is 1. The van der Waals surface area contributed by atoms with E-state index in [4.69, 9.17) is 5.73 Å². The molecule has 21 heavy (non-hydrogen) atoms. The molecule has 0 radical (unpaired) electrons. The van der Waals surface area contributed by atoms with E-state index >= 15 is 0 Å². The van der Waals surface area contributed by atoms with Crippen molar-refractivity contribution in [3.8, 4) is 0 Å². The fraction of sp³-hybridized carbons (Fsp3) is 0.571. The average molecular weight is 312 g/mol. The number of nitrogen functional groups attached to an aromatic ring is 1. The molecule has 1 aliphatic rings. The molecule has 1 fully saturated rings. The van der Waals surface area contributed by atoms with Gasteiger partial charge in [0.1, 0.15) is 4.90 Å². The molecule has 0 spiro atoms. The first-order chi connectivity index (χ1) is 9.85. The smallest absolute Gasteiger partial charge is 0.242 e. The van der Waals surface area contributed by atoms with Gasteiger partial charge in [-0.3, -0.25) is 0 Å². The number of nitrogens with zero attached hydrogens (tertiary/aromatic N) is 2. The lowest BCUT2D eigenvalue weighted by Crippen LogP contribution is -2.45. The van der Waals surface area contributed by atoms with Gasteiger partial charge in [-0.15, -0.1) is 0 Å². The number of likely N-dealkylation sites (tertiary alicyclic amines) is 1. The first-order valence-electron chi connectivity index (χ1n) is 7.09. The SMILES string of the molecule is CNS(=O)(=O)c1cc(N)ccc1N(C)C1CCCN(C)C1. The number of hydrogen-bond donors (Lipinski definition) is 2. The van der Waals surface area contributed by atoms with E-state index in [1.54, 1.807) is 12.1 Å². The van der Waals surface area contributed by atoms with Gasteiger partial charge in [-0.25, -0.2) is 13.1 Å². The Labute approximate surface area is 127 Å². The number of sulfonamides is 1. The number of piperidine rings is 1. The highest BCUT2D eigenvalue weighted by atomic mass is 32.2. The number of nitrogens with one attached hydrogen (secondary N) is 1. The summed E-state index contributed by atoms with van der Waals surface area (Å²) in [7, 11) is 1.92. The van der Waals surface area contributed by atoms with E-state index in [2.05, 4.69) is 21.6 Å². The number of hydrogen-bond acceptors (Lipinski definition) is 5. The number of likely N-dealkylation sites (N-methyl/N-ethyl adjacent to an activating group) is 2. The molecular formula is C14H24N4O2S. The Hall–Kier alpha value is -1.31. The van der Waals surface area contributed by atoms with Crippen LogP contribution in [0.3, 0.4) is 0 Å². The maximum Gasteiger partial charge on any atom is 0.242 e. The molecule has 1 atom stereocenters. The molecule has 7 heteroatoms. The van der Waals surface area contributed by atoms with Gasteiger partial charge < -0.3 is 15.5 Å². The van der Waals surface area contributed by atoms with Crippen molar-refractivity contribution in [3.05, 3.63) is 18.2 Å². The highest BCUT2D eigenvalue weighted by molar-refractivity contribution is 7.89. The van der Waals surface area contributed by atoms with E-state index in [9.17, 15) is 8.42 Å². The van der Waals surface area contributed by atoms with E-state index in [0.29, 0.717) is 17.4 Å². The molecule has 2 rings (SSSR count). The summed E-state index contributed by atoms with van der Waals surface area (Å²) >= 11 is 0. The lowest BCUT2D eigenvalue weighted by Gasteiger charge is -2.37. The summed E-state index contributed by atoms with van der Waals surface area (Å²) in [6.45, 7) is 2.02. The Morgan fingerprint density at radius 3 is 2.76 bits per heavy atom. The summed E-state index contributed by atoms with van der Waals surface area (Å²) < 4.78 is 26.8. The van der Waals surface area contributed by atoms with Crippen LogP contribution >= 0.6 is 0 Å². The number of nitrogens with two attached hydrogens (primary N) is 1. The van der Waals surface area contributed by atoms with Crippen LogP contribution in [0.2, 0.25) is 0 Å². The van der Waals surface area contributed by atoms with E-state index in [-0.39, 0.29) is 4.90 Å². The zero-order valence-electron chi connectivity index (χ0n) is 12.8. The Morgan fingerprint density at radius 2 is 2.14 bits per heavy atom. The zero-order chi connectivity index (χ0) is 15.6. The van der Waals surface area contributed by atoms with Crippen LogP contribution in [-0.2, 0) is 10.0 Å². The van der Waals surface area contributed by atoms with Gasteiger partial charge in [-0.1, -0.05) is 0 Å². The molecule has 1 saturated heterocycles. The predicted octanol–water partition coefficient (Wildman–Crippen LogP) is 0.707. The molecule has 0 aliphatic carbocycles. The van der Waals surface area contributed by atoms with E-state index < -0.39 is 10.0 Å². The number of anilines is 2. The van der Waals surface area contributed by atoms with Crippen LogP contribution < -0.4 is 15.4 Å². The van der Waals surface area contributed by atoms with Gasteiger partial charge in [0.25, 0.3) is 0 Å². The van der Waals surface area contributed by atoms with Crippen molar-refractivity contribution in [2.45, 2.75) is 23.8 Å². The van der Waals surface area contributed by atoms with E-state index in [1.165, 1.54) is 13.1 Å². The molecule has 1 heterocycles. The average Bonchev–Trinajstić information content (AvgIpc) is 2.46. The lowest BCUT2D eigenvalue weighted by molar-refractivity contribution is 0.247. The maximum absolute atomic E-state index is 12.2. The van der Waals surface area contributed by atoms with Crippen LogP contribution in [0.15, 0.2) is 23.1 Å². The zero-order valence-corrected chi connectivity index (χ0v) is 13.7. The number of rotatable bonds is 4. The minimum atomic E-state index is -3.53. The van der Waals surface area contributed by atoms with Crippen molar-refractivity contribution in [3.63, 3.8) is 0 Å². The van der Waals surface area contributed by atoms with Crippen molar-refractivity contribution < 1.29 is 8.42 Å². The summed E-state index contributed by atoms with van der Waals surface area (Å²) in [4.78, 5) is 4.56. The van der Waals surface area contributed by atoms with E-state index in [1.807, 2.05) is 7.05 Å². The van der Waals surface area contributed by atoms with Gasteiger partial charge in [0.2, 0.25) is 10.0 Å². The Bertz CT molecular complexity index is 603. The van der Waals surface area contributed by atoms with Gasteiger partial charge in [-0.2, -0.15) is 0 Å². The van der Waals surface area contributed by atoms with Crippen LogP contribution in [0.4, 0.5) is 11.4 Å². The Morgan fingerprint density at radius 1 is 1.43 bits per heavy atom. The molecule has 3 N–H and O–H groups in total. The van der Waals surface area contributed by atoms with Crippen LogP contribution in [0.5, 0.6) is 0 Å². The molecule has 0 amide bonds. The molecular weight excluding hydrogens is 288 g/mol. The molecule has 1 aromatic rings. The second kappa shape index (κ2) is 6.21. The second-order valence-corrected chi connectivity index (χ2v) is 7.46. The fourth-order valence-corrected chi connectivity index (χ4v) is 3.80. The first kappa shape index (κ1) is 16.1. The van der Waals surface area contributed by atoms with Crippen molar-refractivity contribution in [2.24, 2.45) is 0 Å². The summed E-state index contributed by atoms with van der Waals surface area (Å²) in [5.74, 6) is 0. The monoisotopic (exact) mass is 312 g/mol. The van der Waals surface area contributed by atoms with Crippen molar-refractivity contribution >= 4 is 21.4 Å². The summed E-state index contributed by atoms with van der Waals surface area (Å²) in [5, 5.41) is 0. The molecule has 6 nitrogen and oxygen atoms in total. The van der Waals surface area contributed by atoms with Crippen molar-refractivity contribution in [1.82, 2.24) is 9.62 Å². The minimum absolute atomic E-state index is 0.237. The third-order valence-corrected chi connectivity index (χ3v) is 5.51. The maximum atomic E-state index is 12.2. The van der Waals surface area contributed by atoms with Gasteiger partial charge in [-0.05, 0) is 51.7 Å².